The van der Waals surface area contributed by atoms with E-state index in [1.165, 1.54) is 11.8 Å². The third-order valence-corrected chi connectivity index (χ3v) is 10.2. The smallest absolute Gasteiger partial charge is 0.213 e. The summed E-state index contributed by atoms with van der Waals surface area (Å²) in [5, 5.41) is 6.48. The fourth-order valence-corrected chi connectivity index (χ4v) is 7.85. The Balaban J connectivity index is 1.25. The van der Waals surface area contributed by atoms with E-state index in [9.17, 15) is 4.79 Å². The zero-order chi connectivity index (χ0) is 33.8. The van der Waals surface area contributed by atoms with Crippen LogP contribution in [0, 0.1) is 6.92 Å². The van der Waals surface area contributed by atoms with Crippen LogP contribution in [0.15, 0.2) is 141 Å². The van der Waals surface area contributed by atoms with E-state index in [4.69, 9.17) is 26.1 Å². The molecule has 7 aromatic rings. The van der Waals surface area contributed by atoms with Gasteiger partial charge in [-0.25, -0.2) is 14.6 Å². The standard InChI is InChI=1S/C39H28ClN7O2S/c1-24-33-34(30-22-49-36-26(19-27(40)20-29(36)35(30)48)23-50-38-41-17-10-18-42-38)46-32-16-9-8-15-31(32)45(21-25-11-4-2-5-12-25)39(46)43-37(33)47(44-24)28-13-6-3-7-14-28/h2-20,22,34H,21,23H2,1H3. The zero-order valence-electron chi connectivity index (χ0n) is 26.8. The van der Waals surface area contributed by atoms with Gasteiger partial charge >= 0.3 is 0 Å². The predicted molar refractivity (Wildman–Crippen MR) is 198 cm³/mol. The molecule has 0 N–H and O–H groups in total. The number of thioether (sulfide) groups is 1. The second-order valence-corrected chi connectivity index (χ2v) is 13.5. The predicted octanol–water partition coefficient (Wildman–Crippen LogP) is 8.64. The average molecular weight is 694 g/mol. The Labute approximate surface area is 296 Å². The Hall–Kier alpha value is -5.71. The number of guanidine groups is 1. The van der Waals surface area contributed by atoms with Gasteiger partial charge in [0.2, 0.25) is 5.96 Å². The minimum Gasteiger partial charge on any atom is -0.463 e. The summed E-state index contributed by atoms with van der Waals surface area (Å²) < 4.78 is 8.30. The van der Waals surface area contributed by atoms with Crippen LogP contribution in [0.4, 0.5) is 17.2 Å². The SMILES string of the molecule is Cc1nn(-c2ccccc2)c2c1C(c1coc3c(CSc4ncccn4)cc(Cl)cc3c1=O)N1C(=N2)N(Cc2ccccc2)c2ccccc21. The van der Waals surface area contributed by atoms with Crippen molar-refractivity contribution in [2.24, 2.45) is 4.99 Å². The average Bonchev–Trinajstić information content (AvgIpc) is 3.65. The van der Waals surface area contributed by atoms with Crippen molar-refractivity contribution in [3.05, 3.63) is 165 Å². The molecule has 0 amide bonds. The van der Waals surface area contributed by atoms with Crippen molar-refractivity contribution in [3.8, 4) is 5.69 Å². The summed E-state index contributed by atoms with van der Waals surface area (Å²) in [6.45, 7) is 2.55. The molecule has 0 aliphatic carbocycles. The molecule has 9 nitrogen and oxygen atoms in total. The molecule has 11 heteroatoms. The van der Waals surface area contributed by atoms with E-state index in [-0.39, 0.29) is 5.43 Å². The van der Waals surface area contributed by atoms with Gasteiger partial charge in [-0.1, -0.05) is 84.0 Å². The topological polar surface area (TPSA) is 92.6 Å². The molecule has 1 unspecified atom stereocenters. The monoisotopic (exact) mass is 693 g/mol. The van der Waals surface area contributed by atoms with Crippen LogP contribution in [0.5, 0.6) is 0 Å². The van der Waals surface area contributed by atoms with Crippen molar-refractivity contribution in [1.29, 1.82) is 0 Å². The van der Waals surface area contributed by atoms with Gasteiger partial charge in [0.25, 0.3) is 0 Å². The highest BCUT2D eigenvalue weighted by Gasteiger charge is 2.45. The third kappa shape index (κ3) is 5.07. The number of hydrogen-bond acceptors (Lipinski definition) is 9. The van der Waals surface area contributed by atoms with Crippen LogP contribution in [0.2, 0.25) is 5.02 Å². The van der Waals surface area contributed by atoms with E-state index >= 15 is 0 Å². The third-order valence-electron chi connectivity index (χ3n) is 9.03. The number of nitrogens with zero attached hydrogens (tertiary/aromatic N) is 7. The lowest BCUT2D eigenvalue weighted by molar-refractivity contribution is 0.583. The van der Waals surface area contributed by atoms with E-state index < -0.39 is 6.04 Å². The number of hydrogen-bond donors (Lipinski definition) is 0. The first-order valence-electron chi connectivity index (χ1n) is 16.1. The van der Waals surface area contributed by atoms with Crippen molar-refractivity contribution < 1.29 is 4.42 Å². The number of anilines is 2. The highest BCUT2D eigenvalue weighted by Crippen LogP contribution is 2.50. The number of rotatable bonds is 7. The molecule has 4 aromatic carbocycles. The first-order chi connectivity index (χ1) is 24.5. The van der Waals surface area contributed by atoms with Gasteiger partial charge in [-0.05, 0) is 55.0 Å². The molecule has 0 saturated heterocycles. The lowest BCUT2D eigenvalue weighted by Gasteiger charge is -2.34. The Kier molecular flexibility index (Phi) is 7.48. The Morgan fingerprint density at radius 2 is 1.60 bits per heavy atom. The van der Waals surface area contributed by atoms with Crippen molar-refractivity contribution in [2.45, 2.75) is 30.4 Å². The molecule has 50 heavy (non-hydrogen) atoms. The van der Waals surface area contributed by atoms with Gasteiger partial charge in [-0.3, -0.25) is 9.69 Å². The molecule has 0 saturated carbocycles. The minimum atomic E-state index is -0.591. The van der Waals surface area contributed by atoms with Crippen LogP contribution >= 0.6 is 23.4 Å². The lowest BCUT2D eigenvalue weighted by atomic mass is 9.95. The lowest BCUT2D eigenvalue weighted by Crippen LogP contribution is -2.44. The Bertz CT molecular complexity index is 2490. The molecule has 0 fully saturated rings. The van der Waals surface area contributed by atoms with Gasteiger partial charge in [0.05, 0.1) is 46.3 Å². The van der Waals surface area contributed by atoms with Crippen molar-refractivity contribution in [1.82, 2.24) is 19.7 Å². The zero-order valence-corrected chi connectivity index (χ0v) is 28.3. The van der Waals surface area contributed by atoms with Crippen LogP contribution in [0.3, 0.4) is 0 Å². The molecule has 5 heterocycles. The maximum Gasteiger partial charge on any atom is 0.213 e. The molecule has 244 valence electrons. The number of fused-ring (bicyclic) bond motifs is 5. The van der Waals surface area contributed by atoms with Crippen LogP contribution in [-0.2, 0) is 12.3 Å². The maximum absolute atomic E-state index is 14.8. The summed E-state index contributed by atoms with van der Waals surface area (Å²) in [6.07, 6.45) is 5.01. The molecular formula is C39H28ClN7O2S. The van der Waals surface area contributed by atoms with E-state index in [1.807, 2.05) is 78.3 Å². The quantitative estimate of drug-likeness (QED) is 0.121. The van der Waals surface area contributed by atoms with Crippen LogP contribution in [-0.4, -0.2) is 25.7 Å². The fraction of sp³-hybridized carbons (Fsp3) is 0.103. The van der Waals surface area contributed by atoms with Crippen molar-refractivity contribution >= 4 is 57.5 Å². The summed E-state index contributed by atoms with van der Waals surface area (Å²) in [4.78, 5) is 33.2. The van der Waals surface area contributed by atoms with Gasteiger partial charge in [0.1, 0.15) is 11.8 Å². The van der Waals surface area contributed by atoms with Gasteiger partial charge in [0.15, 0.2) is 16.4 Å². The molecule has 0 spiro atoms. The summed E-state index contributed by atoms with van der Waals surface area (Å²) in [5.74, 6) is 1.85. The number of aliphatic imine (C=N–C) groups is 1. The van der Waals surface area contributed by atoms with Gasteiger partial charge < -0.3 is 9.32 Å². The number of halogens is 1. The summed E-state index contributed by atoms with van der Waals surface area (Å²) in [5.41, 5.74) is 7.11. The first-order valence-corrected chi connectivity index (χ1v) is 17.5. The van der Waals surface area contributed by atoms with E-state index in [1.54, 1.807) is 30.8 Å². The molecule has 2 aliphatic heterocycles. The molecular weight excluding hydrogens is 666 g/mol. The number of aromatic nitrogens is 4. The Morgan fingerprint density at radius 1 is 0.880 bits per heavy atom. The summed E-state index contributed by atoms with van der Waals surface area (Å²) >= 11 is 8.13. The first kappa shape index (κ1) is 30.4. The van der Waals surface area contributed by atoms with Crippen molar-refractivity contribution in [3.63, 3.8) is 0 Å². The largest absolute Gasteiger partial charge is 0.463 e. The van der Waals surface area contributed by atoms with Crippen LogP contribution in [0.25, 0.3) is 16.7 Å². The van der Waals surface area contributed by atoms with Gasteiger partial charge in [0, 0.05) is 34.3 Å². The molecule has 0 bridgehead atoms. The molecule has 3 aromatic heterocycles. The van der Waals surface area contributed by atoms with Crippen molar-refractivity contribution in [2.75, 3.05) is 9.80 Å². The molecule has 0 radical (unpaired) electrons. The summed E-state index contributed by atoms with van der Waals surface area (Å²) in [6, 6.07) is 33.2. The fourth-order valence-electron chi connectivity index (χ4n) is 6.84. The molecule has 2 aliphatic rings. The van der Waals surface area contributed by atoms with E-state index in [2.05, 4.69) is 44.0 Å². The van der Waals surface area contributed by atoms with Gasteiger partial charge in [-0.15, -0.1) is 0 Å². The van der Waals surface area contributed by atoms with Gasteiger partial charge in [-0.2, -0.15) is 10.1 Å². The number of para-hydroxylation sites is 3. The molecule has 1 atom stereocenters. The normalized spacial score (nSPS) is 14.8. The highest BCUT2D eigenvalue weighted by atomic mass is 35.5. The second kappa shape index (κ2) is 12.3. The number of benzene rings is 4. The van der Waals surface area contributed by atoms with Crippen LogP contribution in [0.1, 0.15) is 34.0 Å². The van der Waals surface area contributed by atoms with Crippen LogP contribution < -0.4 is 15.2 Å². The number of aryl methyl sites for hydroxylation is 1. The van der Waals surface area contributed by atoms with E-state index in [0.29, 0.717) is 50.8 Å². The summed E-state index contributed by atoms with van der Waals surface area (Å²) in [7, 11) is 0. The molecule has 9 rings (SSSR count). The maximum atomic E-state index is 14.8. The second-order valence-electron chi connectivity index (χ2n) is 12.1. The highest BCUT2D eigenvalue weighted by molar-refractivity contribution is 7.98. The van der Waals surface area contributed by atoms with E-state index in [0.717, 1.165) is 39.4 Å². The minimum absolute atomic E-state index is 0.168. The Morgan fingerprint density at radius 3 is 2.38 bits per heavy atom.